The zero-order chi connectivity index (χ0) is 15.4. The molecule has 1 aromatic carbocycles. The van der Waals surface area contributed by atoms with Gasteiger partial charge in [-0.05, 0) is 31.9 Å². The molecule has 2 rings (SSSR count). The van der Waals surface area contributed by atoms with Gasteiger partial charge in [0, 0.05) is 24.7 Å². The van der Waals surface area contributed by atoms with Crippen molar-refractivity contribution in [3.63, 3.8) is 0 Å². The van der Waals surface area contributed by atoms with Crippen molar-refractivity contribution in [2.24, 2.45) is 0 Å². The molecule has 1 aliphatic rings. The molecule has 0 radical (unpaired) electrons. The Morgan fingerprint density at radius 3 is 2.95 bits per heavy atom. The zero-order valence-electron chi connectivity index (χ0n) is 11.9. The van der Waals surface area contributed by atoms with E-state index in [0.717, 1.165) is 12.8 Å². The third kappa shape index (κ3) is 3.13. The lowest BCUT2D eigenvalue weighted by Gasteiger charge is -2.25. The Balaban J connectivity index is 2.38. The van der Waals surface area contributed by atoms with Crippen molar-refractivity contribution >= 4 is 17.3 Å². The molecule has 114 valence electrons. The van der Waals surface area contributed by atoms with Gasteiger partial charge >= 0.3 is 0 Å². The van der Waals surface area contributed by atoms with Gasteiger partial charge in [0.25, 0.3) is 11.6 Å². The number of amides is 1. The summed E-state index contributed by atoms with van der Waals surface area (Å²) < 4.78 is 0. The molecule has 1 heterocycles. The van der Waals surface area contributed by atoms with Gasteiger partial charge < -0.3 is 15.3 Å². The number of nitrogens with zero attached hydrogens (tertiary/aromatic N) is 2. The summed E-state index contributed by atoms with van der Waals surface area (Å²) in [6, 6.07) is 4.38. The molecule has 1 aliphatic heterocycles. The third-order valence-corrected chi connectivity index (χ3v) is 3.67. The van der Waals surface area contributed by atoms with E-state index in [-0.39, 0.29) is 29.8 Å². The maximum Gasteiger partial charge on any atom is 0.293 e. The zero-order valence-corrected chi connectivity index (χ0v) is 11.9. The molecule has 1 amide bonds. The lowest BCUT2D eigenvalue weighted by Crippen LogP contribution is -2.32. The van der Waals surface area contributed by atoms with E-state index in [1.54, 1.807) is 19.1 Å². The number of nitrogens with one attached hydrogen (secondary N) is 1. The van der Waals surface area contributed by atoms with Gasteiger partial charge in [-0.15, -0.1) is 0 Å². The predicted molar refractivity (Wildman–Crippen MR) is 78.6 cm³/mol. The third-order valence-electron chi connectivity index (χ3n) is 3.67. The van der Waals surface area contributed by atoms with Crippen LogP contribution in [0.4, 0.5) is 11.4 Å². The lowest BCUT2D eigenvalue weighted by atomic mass is 10.1. The first-order valence-electron chi connectivity index (χ1n) is 7.02. The second-order valence-electron chi connectivity index (χ2n) is 4.99. The summed E-state index contributed by atoms with van der Waals surface area (Å²) in [5.41, 5.74) is 0.635. The number of carbonyl (C=O) groups excluding carboxylic acids is 1. The molecule has 1 saturated heterocycles. The van der Waals surface area contributed by atoms with Gasteiger partial charge in [-0.25, -0.2) is 0 Å². The minimum absolute atomic E-state index is 0.0325. The fourth-order valence-corrected chi connectivity index (χ4v) is 2.66. The number of rotatable bonds is 5. The van der Waals surface area contributed by atoms with E-state index >= 15 is 0 Å². The van der Waals surface area contributed by atoms with Gasteiger partial charge in [-0.3, -0.25) is 14.9 Å². The summed E-state index contributed by atoms with van der Waals surface area (Å²) in [4.78, 5) is 24.4. The van der Waals surface area contributed by atoms with Crippen molar-refractivity contribution in [1.82, 2.24) is 5.32 Å². The van der Waals surface area contributed by atoms with Crippen LogP contribution in [0.2, 0.25) is 0 Å². The summed E-state index contributed by atoms with van der Waals surface area (Å²) >= 11 is 0. The van der Waals surface area contributed by atoms with Crippen LogP contribution in [0.1, 0.15) is 30.1 Å². The molecule has 0 saturated carbocycles. The number of nitro groups is 1. The number of hydrogen-bond donors (Lipinski definition) is 2. The van der Waals surface area contributed by atoms with E-state index < -0.39 is 4.92 Å². The molecule has 2 N–H and O–H groups in total. The summed E-state index contributed by atoms with van der Waals surface area (Å²) in [6.45, 7) is 2.89. The minimum atomic E-state index is -0.481. The Morgan fingerprint density at radius 1 is 1.57 bits per heavy atom. The molecule has 1 fully saturated rings. The first kappa shape index (κ1) is 15.2. The molecule has 7 heteroatoms. The number of nitro benzene ring substituents is 1. The highest BCUT2D eigenvalue weighted by Gasteiger charge is 2.29. The van der Waals surface area contributed by atoms with Crippen molar-refractivity contribution in [2.45, 2.75) is 25.8 Å². The average Bonchev–Trinajstić information content (AvgIpc) is 2.95. The predicted octanol–water partition coefficient (Wildman–Crippen LogP) is 1.31. The molecular weight excluding hydrogens is 274 g/mol. The normalized spacial score (nSPS) is 17.8. The first-order chi connectivity index (χ1) is 10.1. The highest BCUT2D eigenvalue weighted by Crippen LogP contribution is 2.34. The van der Waals surface area contributed by atoms with E-state index in [1.165, 1.54) is 6.07 Å². The maximum atomic E-state index is 11.8. The van der Waals surface area contributed by atoms with Gasteiger partial charge in [0.15, 0.2) is 0 Å². The minimum Gasteiger partial charge on any atom is -0.394 e. The monoisotopic (exact) mass is 293 g/mol. The van der Waals surface area contributed by atoms with E-state index in [1.807, 2.05) is 4.90 Å². The summed E-state index contributed by atoms with van der Waals surface area (Å²) in [6.07, 6.45) is 1.70. The number of hydrogen-bond acceptors (Lipinski definition) is 5. The Hall–Kier alpha value is -2.15. The van der Waals surface area contributed by atoms with Gasteiger partial charge in [0.1, 0.15) is 5.69 Å². The standard InChI is InChI=1S/C14H19N3O4/c1-2-15-14(19)10-5-6-12(13(8-10)17(20)21)16-7-3-4-11(16)9-18/h5-6,8,11,18H,2-4,7,9H2,1H3,(H,15,19). The van der Waals surface area contributed by atoms with Crippen molar-refractivity contribution in [2.75, 3.05) is 24.6 Å². The van der Waals surface area contributed by atoms with Crippen LogP contribution < -0.4 is 10.2 Å². The van der Waals surface area contributed by atoms with Crippen LogP contribution in [0.3, 0.4) is 0 Å². The molecule has 21 heavy (non-hydrogen) atoms. The SMILES string of the molecule is CCNC(=O)c1ccc(N2CCCC2CO)c([N+](=O)[O-])c1. The van der Waals surface area contributed by atoms with Crippen LogP contribution in [0, 0.1) is 10.1 Å². The summed E-state index contributed by atoms with van der Waals surface area (Å²) in [5, 5.41) is 23.3. The highest BCUT2D eigenvalue weighted by atomic mass is 16.6. The van der Waals surface area contributed by atoms with Crippen molar-refractivity contribution < 1.29 is 14.8 Å². The molecule has 1 aromatic rings. The first-order valence-corrected chi connectivity index (χ1v) is 7.02. The molecule has 1 atom stereocenters. The van der Waals surface area contributed by atoms with Crippen molar-refractivity contribution in [3.8, 4) is 0 Å². The number of carbonyl (C=O) groups is 1. The second kappa shape index (κ2) is 6.53. The fraction of sp³-hybridized carbons (Fsp3) is 0.500. The fourth-order valence-electron chi connectivity index (χ4n) is 2.66. The molecule has 1 unspecified atom stereocenters. The topological polar surface area (TPSA) is 95.7 Å². The van der Waals surface area contributed by atoms with Crippen molar-refractivity contribution in [3.05, 3.63) is 33.9 Å². The smallest absolute Gasteiger partial charge is 0.293 e. The van der Waals surface area contributed by atoms with E-state index in [2.05, 4.69) is 5.32 Å². The van der Waals surface area contributed by atoms with Crippen molar-refractivity contribution in [1.29, 1.82) is 0 Å². The molecule has 0 aliphatic carbocycles. The Kier molecular flexibility index (Phi) is 4.74. The van der Waals surface area contributed by atoms with Gasteiger partial charge in [-0.2, -0.15) is 0 Å². The van der Waals surface area contributed by atoms with E-state index in [0.29, 0.717) is 18.8 Å². The number of benzene rings is 1. The molecule has 0 bridgehead atoms. The van der Waals surface area contributed by atoms with Gasteiger partial charge in [0.2, 0.25) is 0 Å². The lowest BCUT2D eigenvalue weighted by molar-refractivity contribution is -0.384. The van der Waals surface area contributed by atoms with E-state index in [4.69, 9.17) is 0 Å². The van der Waals surface area contributed by atoms with Crippen LogP contribution >= 0.6 is 0 Å². The molecular formula is C14H19N3O4. The summed E-state index contributed by atoms with van der Waals surface area (Å²) in [7, 11) is 0. The van der Waals surface area contributed by atoms with Crippen LogP contribution in [0.25, 0.3) is 0 Å². The largest absolute Gasteiger partial charge is 0.394 e. The van der Waals surface area contributed by atoms with Gasteiger partial charge in [0.05, 0.1) is 17.6 Å². The second-order valence-corrected chi connectivity index (χ2v) is 4.99. The highest BCUT2D eigenvalue weighted by molar-refractivity contribution is 5.95. The maximum absolute atomic E-state index is 11.8. The number of aliphatic hydroxyl groups excluding tert-OH is 1. The van der Waals surface area contributed by atoms with Gasteiger partial charge in [-0.1, -0.05) is 0 Å². The van der Waals surface area contributed by atoms with E-state index in [9.17, 15) is 20.0 Å². The van der Waals surface area contributed by atoms with Crippen LogP contribution in [-0.4, -0.2) is 41.7 Å². The van der Waals surface area contributed by atoms with Crippen LogP contribution in [0.15, 0.2) is 18.2 Å². The Morgan fingerprint density at radius 2 is 2.33 bits per heavy atom. The average molecular weight is 293 g/mol. The Labute approximate surface area is 122 Å². The van der Waals surface area contributed by atoms with Crippen LogP contribution in [0.5, 0.6) is 0 Å². The Bertz CT molecular complexity index is 547. The molecule has 0 aromatic heterocycles. The number of aliphatic hydroxyl groups is 1. The molecule has 7 nitrogen and oxygen atoms in total. The summed E-state index contributed by atoms with van der Waals surface area (Å²) in [5.74, 6) is -0.327. The number of anilines is 1. The molecule has 0 spiro atoms. The quantitative estimate of drug-likeness (QED) is 0.630. The van der Waals surface area contributed by atoms with Crippen LogP contribution in [-0.2, 0) is 0 Å².